The van der Waals surface area contributed by atoms with Crippen molar-refractivity contribution in [3.8, 4) is 16.9 Å². The van der Waals surface area contributed by atoms with E-state index in [2.05, 4.69) is 66.7 Å². The maximum Gasteiger partial charge on any atom is 0.127 e. The number of hydrogen-bond acceptors (Lipinski definition) is 1. The lowest BCUT2D eigenvalue weighted by Crippen LogP contribution is -2.16. The van der Waals surface area contributed by atoms with Crippen molar-refractivity contribution < 1.29 is 4.74 Å². The Hall–Kier alpha value is -2.02. The third-order valence-corrected chi connectivity index (χ3v) is 4.84. The minimum atomic E-state index is 0.698. The largest absolute Gasteiger partial charge is 0.493 e. The molecule has 4 rings (SSSR count). The van der Waals surface area contributed by atoms with E-state index in [-0.39, 0.29) is 0 Å². The normalized spacial score (nSPS) is 26.2. The van der Waals surface area contributed by atoms with Crippen LogP contribution in [0, 0.1) is 17.8 Å². The maximum absolute atomic E-state index is 6.19. The van der Waals surface area contributed by atoms with Crippen LogP contribution in [-0.4, -0.2) is 6.61 Å². The lowest BCUT2D eigenvalue weighted by atomic mass is 9.94. The fraction of sp³-hybridized carbons (Fsp3) is 0.300. The Morgan fingerprint density at radius 2 is 1.67 bits per heavy atom. The van der Waals surface area contributed by atoms with Crippen molar-refractivity contribution >= 4 is 0 Å². The Bertz CT molecular complexity index is 644. The summed E-state index contributed by atoms with van der Waals surface area (Å²) >= 11 is 0. The minimum absolute atomic E-state index is 0.698. The average molecular weight is 276 g/mol. The monoisotopic (exact) mass is 276 g/mol. The molecule has 1 nitrogen and oxygen atoms in total. The van der Waals surface area contributed by atoms with E-state index in [0.717, 1.165) is 24.2 Å². The predicted molar refractivity (Wildman–Crippen MR) is 86.2 cm³/mol. The number of hydrogen-bond donors (Lipinski definition) is 0. The van der Waals surface area contributed by atoms with Crippen LogP contribution < -0.4 is 4.74 Å². The molecule has 0 aliphatic heterocycles. The first kappa shape index (κ1) is 12.7. The van der Waals surface area contributed by atoms with Crippen LogP contribution in [0.3, 0.4) is 0 Å². The first-order chi connectivity index (χ1) is 10.4. The number of fused-ring (bicyclic) bond motifs is 2. The van der Waals surface area contributed by atoms with Gasteiger partial charge >= 0.3 is 0 Å². The molecule has 2 bridgehead atoms. The third kappa shape index (κ3) is 2.49. The standard InChI is InChI=1S/C20H20O/c1-2-6-16(7-3-1)19-8-4-5-9-20(19)21-14-18-13-15-10-11-17(18)12-15/h1-11,15,17-18H,12-14H2. The van der Waals surface area contributed by atoms with Crippen molar-refractivity contribution in [2.75, 3.05) is 6.61 Å². The van der Waals surface area contributed by atoms with Gasteiger partial charge in [-0.05, 0) is 42.2 Å². The molecule has 21 heavy (non-hydrogen) atoms. The molecule has 3 atom stereocenters. The second-order valence-electron chi connectivity index (χ2n) is 6.21. The highest BCUT2D eigenvalue weighted by molar-refractivity contribution is 5.70. The molecule has 0 radical (unpaired) electrons. The number of benzene rings is 2. The quantitative estimate of drug-likeness (QED) is 0.718. The summed E-state index contributed by atoms with van der Waals surface area (Å²) in [6.45, 7) is 0.843. The summed E-state index contributed by atoms with van der Waals surface area (Å²) in [7, 11) is 0. The van der Waals surface area contributed by atoms with E-state index in [1.165, 1.54) is 24.0 Å². The van der Waals surface area contributed by atoms with Gasteiger partial charge in [0.15, 0.2) is 0 Å². The molecule has 106 valence electrons. The van der Waals surface area contributed by atoms with Crippen LogP contribution in [-0.2, 0) is 0 Å². The average Bonchev–Trinajstić information content (AvgIpc) is 3.17. The number of rotatable bonds is 4. The van der Waals surface area contributed by atoms with E-state index < -0.39 is 0 Å². The summed E-state index contributed by atoms with van der Waals surface area (Å²) < 4.78 is 6.19. The zero-order chi connectivity index (χ0) is 14.1. The van der Waals surface area contributed by atoms with E-state index >= 15 is 0 Å². The van der Waals surface area contributed by atoms with Crippen LogP contribution in [0.4, 0.5) is 0 Å². The van der Waals surface area contributed by atoms with Gasteiger partial charge in [0.2, 0.25) is 0 Å². The fourth-order valence-electron chi connectivity index (χ4n) is 3.73. The Labute approximate surface area is 126 Å². The van der Waals surface area contributed by atoms with Crippen LogP contribution in [0.2, 0.25) is 0 Å². The van der Waals surface area contributed by atoms with Gasteiger partial charge in [0.1, 0.15) is 5.75 Å². The number of allylic oxidation sites excluding steroid dienone is 2. The van der Waals surface area contributed by atoms with E-state index in [9.17, 15) is 0 Å². The lowest BCUT2D eigenvalue weighted by molar-refractivity contribution is 0.228. The van der Waals surface area contributed by atoms with Crippen molar-refractivity contribution in [3.63, 3.8) is 0 Å². The Morgan fingerprint density at radius 1 is 0.857 bits per heavy atom. The SMILES string of the molecule is C1=CC2CC1CC2COc1ccccc1-c1ccccc1. The molecule has 0 N–H and O–H groups in total. The van der Waals surface area contributed by atoms with E-state index in [0.29, 0.717) is 5.92 Å². The number of ether oxygens (including phenoxy) is 1. The summed E-state index contributed by atoms with van der Waals surface area (Å²) in [6, 6.07) is 18.9. The zero-order valence-corrected chi connectivity index (χ0v) is 12.1. The van der Waals surface area contributed by atoms with Crippen LogP contribution >= 0.6 is 0 Å². The van der Waals surface area contributed by atoms with E-state index in [1.54, 1.807) is 0 Å². The Balaban J connectivity index is 1.52. The Morgan fingerprint density at radius 3 is 2.43 bits per heavy atom. The molecule has 1 saturated carbocycles. The molecule has 2 aliphatic carbocycles. The zero-order valence-electron chi connectivity index (χ0n) is 12.1. The summed E-state index contributed by atoms with van der Waals surface area (Å²) in [4.78, 5) is 0. The molecule has 0 amide bonds. The van der Waals surface area contributed by atoms with Gasteiger partial charge in [-0.1, -0.05) is 60.7 Å². The van der Waals surface area contributed by atoms with Gasteiger partial charge in [0.05, 0.1) is 6.61 Å². The van der Waals surface area contributed by atoms with Gasteiger partial charge in [-0.15, -0.1) is 0 Å². The van der Waals surface area contributed by atoms with Crippen LogP contribution in [0.5, 0.6) is 5.75 Å². The fourth-order valence-corrected chi connectivity index (χ4v) is 3.73. The lowest BCUT2D eigenvalue weighted by Gasteiger charge is -2.20. The van der Waals surface area contributed by atoms with Gasteiger partial charge in [0.25, 0.3) is 0 Å². The second-order valence-corrected chi connectivity index (χ2v) is 6.21. The highest BCUT2D eigenvalue weighted by Crippen LogP contribution is 2.43. The van der Waals surface area contributed by atoms with Crippen molar-refractivity contribution in [2.45, 2.75) is 12.8 Å². The predicted octanol–water partition coefficient (Wildman–Crippen LogP) is 4.94. The summed E-state index contributed by atoms with van der Waals surface area (Å²) in [5.74, 6) is 3.27. The van der Waals surface area contributed by atoms with Crippen LogP contribution in [0.1, 0.15) is 12.8 Å². The van der Waals surface area contributed by atoms with E-state index in [1.807, 2.05) is 0 Å². The van der Waals surface area contributed by atoms with Crippen LogP contribution in [0.25, 0.3) is 11.1 Å². The van der Waals surface area contributed by atoms with Crippen molar-refractivity contribution in [2.24, 2.45) is 17.8 Å². The molecule has 2 aromatic carbocycles. The molecule has 3 unspecified atom stereocenters. The first-order valence-corrected chi connectivity index (χ1v) is 7.86. The molecular weight excluding hydrogens is 256 g/mol. The molecule has 0 heterocycles. The molecule has 0 aromatic heterocycles. The molecule has 2 aliphatic rings. The van der Waals surface area contributed by atoms with Gasteiger partial charge in [0, 0.05) is 5.56 Å². The molecule has 1 heteroatoms. The number of para-hydroxylation sites is 1. The summed E-state index contributed by atoms with van der Waals surface area (Å²) in [5.41, 5.74) is 2.41. The maximum atomic E-state index is 6.19. The molecule has 0 saturated heterocycles. The summed E-state index contributed by atoms with van der Waals surface area (Å²) in [5, 5.41) is 0. The van der Waals surface area contributed by atoms with Gasteiger partial charge in [-0.25, -0.2) is 0 Å². The molecule has 2 aromatic rings. The van der Waals surface area contributed by atoms with Gasteiger partial charge < -0.3 is 4.74 Å². The third-order valence-electron chi connectivity index (χ3n) is 4.84. The van der Waals surface area contributed by atoms with Crippen LogP contribution in [0.15, 0.2) is 66.7 Å². The molecular formula is C20H20O. The minimum Gasteiger partial charge on any atom is -0.493 e. The Kier molecular flexibility index (Phi) is 3.27. The van der Waals surface area contributed by atoms with Gasteiger partial charge in [-0.2, -0.15) is 0 Å². The van der Waals surface area contributed by atoms with Crippen molar-refractivity contribution in [1.82, 2.24) is 0 Å². The molecule has 1 fully saturated rings. The summed E-state index contributed by atoms with van der Waals surface area (Å²) in [6.07, 6.45) is 7.42. The second kappa shape index (κ2) is 5.40. The van der Waals surface area contributed by atoms with Gasteiger partial charge in [-0.3, -0.25) is 0 Å². The smallest absolute Gasteiger partial charge is 0.127 e. The van der Waals surface area contributed by atoms with Crippen molar-refractivity contribution in [1.29, 1.82) is 0 Å². The molecule has 0 spiro atoms. The topological polar surface area (TPSA) is 9.23 Å². The van der Waals surface area contributed by atoms with Crippen molar-refractivity contribution in [3.05, 3.63) is 66.7 Å². The first-order valence-electron chi connectivity index (χ1n) is 7.86. The highest BCUT2D eigenvalue weighted by Gasteiger charge is 2.35. The van der Waals surface area contributed by atoms with E-state index in [4.69, 9.17) is 4.74 Å². The highest BCUT2D eigenvalue weighted by atomic mass is 16.5.